The van der Waals surface area contributed by atoms with Crippen molar-refractivity contribution in [1.29, 1.82) is 0 Å². The van der Waals surface area contributed by atoms with Crippen molar-refractivity contribution in [2.75, 3.05) is 11.9 Å². The van der Waals surface area contributed by atoms with Gasteiger partial charge in [-0.15, -0.1) is 0 Å². The first-order chi connectivity index (χ1) is 13.0. The van der Waals surface area contributed by atoms with Crippen LogP contribution in [0.3, 0.4) is 0 Å². The number of rotatable bonds is 5. The number of carbonyl (C=O) groups excluding carboxylic acids is 2. The Morgan fingerprint density at radius 2 is 1.85 bits per heavy atom. The number of hydrogen-bond acceptors (Lipinski definition) is 3. The highest BCUT2D eigenvalue weighted by molar-refractivity contribution is 6.30. The van der Waals surface area contributed by atoms with E-state index in [1.807, 2.05) is 49.4 Å². The van der Waals surface area contributed by atoms with E-state index in [2.05, 4.69) is 5.32 Å². The molecular formula is C22H18ClNO3. The summed E-state index contributed by atoms with van der Waals surface area (Å²) in [5.41, 5.74) is 2.37. The van der Waals surface area contributed by atoms with Crippen LogP contribution in [0.25, 0.3) is 16.8 Å². The predicted molar refractivity (Wildman–Crippen MR) is 109 cm³/mol. The van der Waals surface area contributed by atoms with E-state index in [0.29, 0.717) is 10.7 Å². The Hall–Kier alpha value is -3.11. The van der Waals surface area contributed by atoms with E-state index < -0.39 is 11.9 Å². The lowest BCUT2D eigenvalue weighted by Crippen LogP contribution is -2.20. The van der Waals surface area contributed by atoms with Crippen LogP contribution in [0, 0.1) is 6.92 Å². The molecule has 5 heteroatoms. The Labute approximate surface area is 162 Å². The van der Waals surface area contributed by atoms with Gasteiger partial charge in [-0.1, -0.05) is 54.1 Å². The van der Waals surface area contributed by atoms with Crippen molar-refractivity contribution < 1.29 is 14.3 Å². The highest BCUT2D eigenvalue weighted by Gasteiger charge is 2.08. The number of benzene rings is 3. The molecule has 1 N–H and O–H groups in total. The van der Waals surface area contributed by atoms with Crippen molar-refractivity contribution in [3.05, 3.63) is 82.9 Å². The summed E-state index contributed by atoms with van der Waals surface area (Å²) in [4.78, 5) is 23.9. The number of fused-ring (bicyclic) bond motifs is 1. The summed E-state index contributed by atoms with van der Waals surface area (Å²) in [5.74, 6) is -0.988. The summed E-state index contributed by atoms with van der Waals surface area (Å²) >= 11 is 5.89. The number of hydrogen-bond donors (Lipinski definition) is 1. The summed E-state index contributed by atoms with van der Waals surface area (Å²) in [6, 6.07) is 18.9. The second kappa shape index (κ2) is 8.52. The molecule has 0 aliphatic rings. The molecule has 0 fully saturated rings. The maximum atomic E-state index is 12.0. The number of nitrogens with one attached hydrogen (secondary N) is 1. The van der Waals surface area contributed by atoms with Crippen molar-refractivity contribution >= 4 is 46.0 Å². The first-order valence-electron chi connectivity index (χ1n) is 8.41. The Bertz CT molecular complexity index is 1020. The largest absolute Gasteiger partial charge is 0.452 e. The minimum Gasteiger partial charge on any atom is -0.452 e. The van der Waals surface area contributed by atoms with Gasteiger partial charge in [0.05, 0.1) is 0 Å². The summed E-state index contributed by atoms with van der Waals surface area (Å²) in [6.07, 6.45) is 3.01. The number of carbonyl (C=O) groups is 2. The van der Waals surface area contributed by atoms with Crippen LogP contribution in [0.4, 0.5) is 5.69 Å². The van der Waals surface area contributed by atoms with Gasteiger partial charge in [0, 0.05) is 16.8 Å². The lowest BCUT2D eigenvalue weighted by atomic mass is 10.0. The number of ether oxygens (including phenoxy) is 1. The molecule has 136 valence electrons. The van der Waals surface area contributed by atoms with Crippen molar-refractivity contribution in [2.45, 2.75) is 6.92 Å². The van der Waals surface area contributed by atoms with E-state index in [9.17, 15) is 9.59 Å². The van der Waals surface area contributed by atoms with Crippen LogP contribution in [0.15, 0.2) is 66.7 Å². The predicted octanol–water partition coefficient (Wildman–Crippen LogP) is 5.00. The molecule has 0 aromatic heterocycles. The third kappa shape index (κ3) is 4.96. The monoisotopic (exact) mass is 379 g/mol. The van der Waals surface area contributed by atoms with Crippen molar-refractivity contribution in [3.8, 4) is 0 Å². The molecule has 3 aromatic rings. The number of esters is 1. The van der Waals surface area contributed by atoms with Crippen LogP contribution in [0.1, 0.15) is 11.1 Å². The molecule has 0 radical (unpaired) electrons. The zero-order chi connectivity index (χ0) is 19.2. The second-order valence-electron chi connectivity index (χ2n) is 6.02. The lowest BCUT2D eigenvalue weighted by Gasteiger charge is -2.08. The van der Waals surface area contributed by atoms with Crippen LogP contribution in [0.5, 0.6) is 0 Å². The summed E-state index contributed by atoms with van der Waals surface area (Å²) in [6.45, 7) is 1.47. The molecule has 0 saturated carbocycles. The zero-order valence-corrected chi connectivity index (χ0v) is 15.5. The van der Waals surface area contributed by atoms with Gasteiger partial charge in [0.25, 0.3) is 5.91 Å². The Morgan fingerprint density at radius 1 is 1.07 bits per heavy atom. The highest BCUT2D eigenvalue weighted by Crippen LogP contribution is 2.20. The van der Waals surface area contributed by atoms with Crippen molar-refractivity contribution in [3.63, 3.8) is 0 Å². The Kier molecular flexibility index (Phi) is 5.89. The van der Waals surface area contributed by atoms with E-state index >= 15 is 0 Å². The van der Waals surface area contributed by atoms with Gasteiger partial charge < -0.3 is 10.1 Å². The van der Waals surface area contributed by atoms with Gasteiger partial charge in [-0.3, -0.25) is 4.79 Å². The van der Waals surface area contributed by atoms with Crippen LogP contribution in [0.2, 0.25) is 5.02 Å². The van der Waals surface area contributed by atoms with Crippen LogP contribution >= 0.6 is 11.6 Å². The van der Waals surface area contributed by atoms with E-state index in [0.717, 1.165) is 21.9 Å². The number of amides is 1. The van der Waals surface area contributed by atoms with Crippen molar-refractivity contribution in [2.24, 2.45) is 0 Å². The third-order valence-electron chi connectivity index (χ3n) is 4.03. The summed E-state index contributed by atoms with van der Waals surface area (Å²) in [7, 11) is 0. The van der Waals surface area contributed by atoms with Gasteiger partial charge in [-0.05, 0) is 53.1 Å². The molecule has 0 saturated heterocycles. The molecule has 0 aliphatic heterocycles. The van der Waals surface area contributed by atoms with Gasteiger partial charge in [0.2, 0.25) is 0 Å². The second-order valence-corrected chi connectivity index (χ2v) is 6.45. The molecule has 0 heterocycles. The molecule has 0 spiro atoms. The standard InChI is InChI=1S/C22H18ClNO3/c1-15-13-18(23)10-11-20(15)24-21(25)14-27-22(26)12-9-17-7-4-6-16-5-2-3-8-19(16)17/h2-13H,14H2,1H3,(H,24,25). The van der Waals surface area contributed by atoms with Gasteiger partial charge >= 0.3 is 5.97 Å². The number of halogens is 1. The molecule has 0 unspecified atom stereocenters. The lowest BCUT2D eigenvalue weighted by molar-refractivity contribution is -0.142. The average molecular weight is 380 g/mol. The third-order valence-corrected chi connectivity index (χ3v) is 4.27. The van der Waals surface area contributed by atoms with E-state index in [4.69, 9.17) is 16.3 Å². The molecule has 0 atom stereocenters. The van der Waals surface area contributed by atoms with Gasteiger partial charge in [-0.2, -0.15) is 0 Å². The maximum Gasteiger partial charge on any atom is 0.331 e. The van der Waals surface area contributed by atoms with E-state index in [1.54, 1.807) is 24.3 Å². The molecule has 4 nitrogen and oxygen atoms in total. The SMILES string of the molecule is Cc1cc(Cl)ccc1NC(=O)COC(=O)C=Cc1cccc2ccccc12. The van der Waals surface area contributed by atoms with Crippen LogP contribution < -0.4 is 5.32 Å². The maximum absolute atomic E-state index is 12.0. The summed E-state index contributed by atoms with van der Waals surface area (Å²) in [5, 5.41) is 5.42. The number of anilines is 1. The Balaban J connectivity index is 1.57. The van der Waals surface area contributed by atoms with E-state index in [1.165, 1.54) is 6.08 Å². The molecule has 3 aromatic carbocycles. The first kappa shape index (κ1) is 18.7. The van der Waals surface area contributed by atoms with E-state index in [-0.39, 0.29) is 6.61 Å². The molecule has 0 bridgehead atoms. The summed E-state index contributed by atoms with van der Waals surface area (Å²) < 4.78 is 5.01. The fraction of sp³-hybridized carbons (Fsp3) is 0.0909. The van der Waals surface area contributed by atoms with Gasteiger partial charge in [0.1, 0.15) is 0 Å². The molecular weight excluding hydrogens is 362 g/mol. The quantitative estimate of drug-likeness (QED) is 0.501. The van der Waals surface area contributed by atoms with Crippen LogP contribution in [-0.4, -0.2) is 18.5 Å². The molecule has 27 heavy (non-hydrogen) atoms. The average Bonchev–Trinajstić information content (AvgIpc) is 2.67. The van der Waals surface area contributed by atoms with Gasteiger partial charge in [0.15, 0.2) is 6.61 Å². The van der Waals surface area contributed by atoms with Crippen LogP contribution in [-0.2, 0) is 14.3 Å². The molecule has 3 rings (SSSR count). The Morgan fingerprint density at radius 3 is 2.67 bits per heavy atom. The zero-order valence-electron chi connectivity index (χ0n) is 14.7. The first-order valence-corrected chi connectivity index (χ1v) is 8.79. The molecule has 0 aliphatic carbocycles. The fourth-order valence-electron chi connectivity index (χ4n) is 2.69. The normalized spacial score (nSPS) is 10.9. The van der Waals surface area contributed by atoms with Crippen molar-refractivity contribution in [1.82, 2.24) is 0 Å². The fourth-order valence-corrected chi connectivity index (χ4v) is 2.92. The smallest absolute Gasteiger partial charge is 0.331 e. The highest BCUT2D eigenvalue weighted by atomic mass is 35.5. The topological polar surface area (TPSA) is 55.4 Å². The minimum atomic E-state index is -0.578. The number of aryl methyl sites for hydroxylation is 1. The van der Waals surface area contributed by atoms with Gasteiger partial charge in [-0.25, -0.2) is 4.79 Å². The minimum absolute atomic E-state index is 0.360. The molecule has 1 amide bonds.